The van der Waals surface area contributed by atoms with Gasteiger partial charge in [0, 0.05) is 26.8 Å². The van der Waals surface area contributed by atoms with Gasteiger partial charge in [0.05, 0.1) is 11.7 Å². The van der Waals surface area contributed by atoms with Gasteiger partial charge in [0.15, 0.2) is 0 Å². The summed E-state index contributed by atoms with van der Waals surface area (Å²) >= 11 is 0. The summed E-state index contributed by atoms with van der Waals surface area (Å²) in [7, 11) is 3.50. The number of carbonyl (C=O) groups excluding carboxylic acids is 1. The molecule has 5 nitrogen and oxygen atoms in total. The molecular formula is C18H23FN4O. The first-order chi connectivity index (χ1) is 11.5. The van der Waals surface area contributed by atoms with Gasteiger partial charge in [-0.2, -0.15) is 5.10 Å². The Kier molecular flexibility index (Phi) is 4.94. The molecule has 1 heterocycles. The molecular weight excluding hydrogens is 307 g/mol. The second-order valence-electron chi connectivity index (χ2n) is 6.48. The summed E-state index contributed by atoms with van der Waals surface area (Å²) in [4.78, 5) is 13.4. The van der Waals surface area contributed by atoms with Crippen molar-refractivity contribution in [2.24, 2.45) is 0 Å². The Balaban J connectivity index is 1.68. The molecule has 1 aliphatic rings. The van der Waals surface area contributed by atoms with Gasteiger partial charge in [-0.05, 0) is 42.5 Å². The van der Waals surface area contributed by atoms with Crippen molar-refractivity contribution in [3.63, 3.8) is 0 Å². The van der Waals surface area contributed by atoms with Crippen LogP contribution in [0, 0.1) is 5.82 Å². The zero-order valence-corrected chi connectivity index (χ0v) is 14.1. The van der Waals surface area contributed by atoms with Crippen molar-refractivity contribution in [2.75, 3.05) is 14.1 Å². The average molecular weight is 330 g/mol. The van der Waals surface area contributed by atoms with Crippen molar-refractivity contribution in [1.29, 1.82) is 0 Å². The molecule has 0 bridgehead atoms. The van der Waals surface area contributed by atoms with E-state index in [1.54, 1.807) is 35.8 Å². The predicted molar refractivity (Wildman–Crippen MR) is 89.8 cm³/mol. The van der Waals surface area contributed by atoms with Gasteiger partial charge in [0.2, 0.25) is 5.91 Å². The summed E-state index contributed by atoms with van der Waals surface area (Å²) in [5.74, 6) is -0.186. The molecule has 0 fully saturated rings. The first-order valence-electron chi connectivity index (χ1n) is 8.27. The molecule has 1 aromatic heterocycles. The fraction of sp³-hybridized carbons (Fsp3) is 0.444. The minimum Gasteiger partial charge on any atom is -0.347 e. The zero-order valence-electron chi connectivity index (χ0n) is 14.1. The summed E-state index contributed by atoms with van der Waals surface area (Å²) in [5, 5.41) is 8.14. The molecule has 128 valence electrons. The lowest BCUT2D eigenvalue weighted by molar-refractivity contribution is -0.129. The molecule has 24 heavy (non-hydrogen) atoms. The van der Waals surface area contributed by atoms with Crippen LogP contribution in [0.25, 0.3) is 0 Å². The van der Waals surface area contributed by atoms with Crippen molar-refractivity contribution < 1.29 is 9.18 Å². The second-order valence-corrected chi connectivity index (χ2v) is 6.48. The summed E-state index contributed by atoms with van der Waals surface area (Å²) < 4.78 is 14.7. The molecule has 0 unspecified atom stereocenters. The first-order valence-corrected chi connectivity index (χ1v) is 8.27. The number of carbonyl (C=O) groups is 1. The Morgan fingerprint density at radius 1 is 1.38 bits per heavy atom. The standard InChI is InChI=1S/C18H23FN4O/c1-22(2)17(24)12-23-11-14-4-3-5-16(18(14)21-23)20-10-13-6-8-15(19)9-7-13/h6-9,11,16,20H,3-5,10,12H2,1-2H3/t16-/m1/s1. The Bertz CT molecular complexity index is 708. The van der Waals surface area contributed by atoms with Crippen molar-refractivity contribution in [3.05, 3.63) is 53.1 Å². The van der Waals surface area contributed by atoms with Crippen LogP contribution in [0.15, 0.2) is 30.5 Å². The average Bonchev–Trinajstić information content (AvgIpc) is 2.97. The number of nitrogens with zero attached hydrogens (tertiary/aromatic N) is 3. The van der Waals surface area contributed by atoms with E-state index in [-0.39, 0.29) is 24.3 Å². The van der Waals surface area contributed by atoms with Crippen molar-refractivity contribution in [3.8, 4) is 0 Å². The molecule has 1 atom stereocenters. The molecule has 2 aromatic rings. The van der Waals surface area contributed by atoms with Crippen LogP contribution in [0.4, 0.5) is 4.39 Å². The topological polar surface area (TPSA) is 50.2 Å². The molecule has 0 aliphatic heterocycles. The van der Waals surface area contributed by atoms with Crippen molar-refractivity contribution in [2.45, 2.75) is 38.4 Å². The molecule has 1 aromatic carbocycles. The smallest absolute Gasteiger partial charge is 0.243 e. The second kappa shape index (κ2) is 7.13. The van der Waals surface area contributed by atoms with E-state index >= 15 is 0 Å². The maximum atomic E-state index is 13.0. The minimum atomic E-state index is -0.219. The number of likely N-dealkylation sites (N-methyl/N-ethyl adjacent to an activating group) is 1. The highest BCUT2D eigenvalue weighted by Crippen LogP contribution is 2.28. The van der Waals surface area contributed by atoms with Crippen LogP contribution in [0.5, 0.6) is 0 Å². The van der Waals surface area contributed by atoms with Gasteiger partial charge < -0.3 is 10.2 Å². The highest BCUT2D eigenvalue weighted by atomic mass is 19.1. The number of rotatable bonds is 5. The molecule has 0 spiro atoms. The number of nitrogens with one attached hydrogen (secondary N) is 1. The third kappa shape index (κ3) is 3.82. The highest BCUT2D eigenvalue weighted by Gasteiger charge is 2.24. The number of hydrogen-bond acceptors (Lipinski definition) is 3. The molecule has 3 rings (SSSR count). The van der Waals surface area contributed by atoms with E-state index in [0.717, 1.165) is 30.5 Å². The van der Waals surface area contributed by atoms with Crippen LogP contribution in [0.1, 0.15) is 35.7 Å². The SMILES string of the molecule is CN(C)C(=O)Cn1cc2c(n1)[C@H](NCc1ccc(F)cc1)CCC2. The number of amides is 1. The largest absolute Gasteiger partial charge is 0.347 e. The van der Waals surface area contributed by atoms with Crippen LogP contribution in [-0.2, 0) is 24.3 Å². The Morgan fingerprint density at radius 3 is 2.83 bits per heavy atom. The quantitative estimate of drug-likeness (QED) is 0.915. The maximum Gasteiger partial charge on any atom is 0.243 e. The monoisotopic (exact) mass is 330 g/mol. The molecule has 1 aliphatic carbocycles. The Labute approximate surface area is 141 Å². The molecule has 1 N–H and O–H groups in total. The van der Waals surface area contributed by atoms with E-state index in [1.165, 1.54) is 17.7 Å². The van der Waals surface area contributed by atoms with Gasteiger partial charge >= 0.3 is 0 Å². The maximum absolute atomic E-state index is 13.0. The van der Waals surface area contributed by atoms with E-state index in [1.807, 2.05) is 6.20 Å². The lowest BCUT2D eigenvalue weighted by Crippen LogP contribution is -2.27. The molecule has 0 saturated carbocycles. The number of aromatic nitrogens is 2. The Hall–Kier alpha value is -2.21. The number of hydrogen-bond donors (Lipinski definition) is 1. The van der Waals surface area contributed by atoms with E-state index in [0.29, 0.717) is 6.54 Å². The Morgan fingerprint density at radius 2 is 2.12 bits per heavy atom. The first kappa shape index (κ1) is 16.6. The predicted octanol–water partition coefficient (Wildman–Crippen LogP) is 2.28. The highest BCUT2D eigenvalue weighted by molar-refractivity contribution is 5.75. The molecule has 6 heteroatoms. The van der Waals surface area contributed by atoms with E-state index in [4.69, 9.17) is 0 Å². The fourth-order valence-corrected chi connectivity index (χ4v) is 3.00. The third-order valence-electron chi connectivity index (χ3n) is 4.40. The van der Waals surface area contributed by atoms with Crippen LogP contribution in [-0.4, -0.2) is 34.7 Å². The van der Waals surface area contributed by atoms with Gasteiger partial charge in [-0.25, -0.2) is 4.39 Å². The normalized spacial score (nSPS) is 16.7. The van der Waals surface area contributed by atoms with Gasteiger partial charge in [0.1, 0.15) is 12.4 Å². The molecule has 0 saturated heterocycles. The minimum absolute atomic E-state index is 0.0330. The summed E-state index contributed by atoms with van der Waals surface area (Å²) in [6.45, 7) is 0.943. The van der Waals surface area contributed by atoms with Gasteiger partial charge in [-0.3, -0.25) is 9.48 Å². The lowest BCUT2D eigenvalue weighted by Gasteiger charge is -2.22. The number of halogens is 1. The van der Waals surface area contributed by atoms with Crippen molar-refractivity contribution >= 4 is 5.91 Å². The van der Waals surface area contributed by atoms with Gasteiger partial charge in [-0.1, -0.05) is 12.1 Å². The number of benzene rings is 1. The fourth-order valence-electron chi connectivity index (χ4n) is 3.00. The summed E-state index contributed by atoms with van der Waals surface area (Å²) in [6, 6.07) is 6.71. The third-order valence-corrected chi connectivity index (χ3v) is 4.40. The van der Waals surface area contributed by atoms with Gasteiger partial charge in [-0.15, -0.1) is 0 Å². The van der Waals surface area contributed by atoms with Crippen LogP contribution in [0.2, 0.25) is 0 Å². The number of fused-ring (bicyclic) bond motifs is 1. The van der Waals surface area contributed by atoms with Gasteiger partial charge in [0.25, 0.3) is 0 Å². The van der Waals surface area contributed by atoms with Crippen LogP contribution in [0.3, 0.4) is 0 Å². The number of aryl methyl sites for hydroxylation is 1. The summed E-state index contributed by atoms with van der Waals surface area (Å²) in [6.07, 6.45) is 5.11. The van der Waals surface area contributed by atoms with E-state index < -0.39 is 0 Å². The van der Waals surface area contributed by atoms with E-state index in [9.17, 15) is 9.18 Å². The zero-order chi connectivity index (χ0) is 17.1. The van der Waals surface area contributed by atoms with Crippen LogP contribution >= 0.6 is 0 Å². The van der Waals surface area contributed by atoms with Crippen molar-refractivity contribution in [1.82, 2.24) is 20.0 Å². The lowest BCUT2D eigenvalue weighted by atomic mass is 9.93. The molecule has 0 radical (unpaired) electrons. The summed E-state index contributed by atoms with van der Waals surface area (Å²) in [5.41, 5.74) is 3.30. The van der Waals surface area contributed by atoms with E-state index in [2.05, 4.69) is 10.4 Å². The van der Waals surface area contributed by atoms with Crippen LogP contribution < -0.4 is 5.32 Å². The molecule has 1 amide bonds.